The zero-order chi connectivity index (χ0) is 8.10. The van der Waals surface area contributed by atoms with E-state index in [4.69, 9.17) is 4.74 Å². The van der Waals surface area contributed by atoms with E-state index in [0.717, 1.165) is 13.1 Å². The third-order valence-corrected chi connectivity index (χ3v) is 1.60. The normalized spacial score (nSPS) is 18.3. The van der Waals surface area contributed by atoms with Crippen LogP contribution in [0.3, 0.4) is 0 Å². The Balaban J connectivity index is 2.16. The van der Waals surface area contributed by atoms with Crippen LogP contribution in [0.4, 0.5) is 0 Å². The number of carbonyl (C=O) groups excluding carboxylic acids is 1. The minimum Gasteiger partial charge on any atom is -0.463 e. The number of hydrogen-bond donors (Lipinski definition) is 1. The van der Waals surface area contributed by atoms with E-state index in [9.17, 15) is 4.79 Å². The van der Waals surface area contributed by atoms with Crippen LogP contribution in [0.1, 0.15) is 6.92 Å². The predicted octanol–water partition coefficient (Wildman–Crippen LogP) is 0.325. The lowest BCUT2D eigenvalue weighted by Crippen LogP contribution is -2.40. The highest BCUT2D eigenvalue weighted by atomic mass is 16.5. The van der Waals surface area contributed by atoms with Gasteiger partial charge in [-0.1, -0.05) is 6.08 Å². The minimum absolute atomic E-state index is 0.237. The number of carbonyl (C=O) groups is 1. The van der Waals surface area contributed by atoms with Crippen molar-refractivity contribution < 1.29 is 9.53 Å². The van der Waals surface area contributed by atoms with Crippen LogP contribution in [-0.4, -0.2) is 25.7 Å². The molecule has 0 radical (unpaired) electrons. The van der Waals surface area contributed by atoms with E-state index in [2.05, 4.69) is 5.32 Å². The van der Waals surface area contributed by atoms with Gasteiger partial charge in [-0.15, -0.1) is 0 Å². The lowest BCUT2D eigenvalue weighted by Gasteiger charge is -2.23. The van der Waals surface area contributed by atoms with E-state index in [1.807, 2.05) is 6.08 Å². The second-order valence-electron chi connectivity index (χ2n) is 2.53. The maximum Gasteiger partial charge on any atom is 0.330 e. The van der Waals surface area contributed by atoms with Crippen LogP contribution in [0.2, 0.25) is 0 Å². The van der Waals surface area contributed by atoms with Crippen molar-refractivity contribution in [1.29, 1.82) is 0 Å². The second kappa shape index (κ2) is 4.13. The smallest absolute Gasteiger partial charge is 0.330 e. The summed E-state index contributed by atoms with van der Waals surface area (Å²) >= 11 is 0. The van der Waals surface area contributed by atoms with E-state index in [1.54, 1.807) is 6.92 Å². The minimum atomic E-state index is -0.237. The molecule has 11 heavy (non-hydrogen) atoms. The molecule has 1 aliphatic rings. The molecule has 62 valence electrons. The Morgan fingerprint density at radius 1 is 1.73 bits per heavy atom. The third kappa shape index (κ3) is 2.72. The Hall–Kier alpha value is -0.830. The van der Waals surface area contributed by atoms with E-state index < -0.39 is 0 Å². The molecule has 0 saturated carbocycles. The van der Waals surface area contributed by atoms with E-state index >= 15 is 0 Å². The zero-order valence-corrected chi connectivity index (χ0v) is 6.67. The summed E-state index contributed by atoms with van der Waals surface area (Å²) in [5, 5.41) is 3.11. The first-order valence-electron chi connectivity index (χ1n) is 3.88. The third-order valence-electron chi connectivity index (χ3n) is 1.60. The lowest BCUT2D eigenvalue weighted by molar-refractivity contribution is -0.137. The maximum absolute atomic E-state index is 10.8. The van der Waals surface area contributed by atoms with Gasteiger partial charge in [-0.2, -0.15) is 0 Å². The fourth-order valence-electron chi connectivity index (χ4n) is 0.852. The molecule has 0 bridgehead atoms. The van der Waals surface area contributed by atoms with Crippen molar-refractivity contribution in [2.45, 2.75) is 6.92 Å². The molecule has 1 heterocycles. The number of hydrogen-bond acceptors (Lipinski definition) is 3. The van der Waals surface area contributed by atoms with Gasteiger partial charge in [-0.25, -0.2) is 4.79 Å². The summed E-state index contributed by atoms with van der Waals surface area (Å²) in [5.41, 5.74) is 0. The molecule has 3 heteroatoms. The Bertz CT molecular complexity index is 161. The standard InChI is InChI=1S/C8H13NO2/c1-2-11-8(10)4-3-7-5-9-6-7/h3-4,7,9H,2,5-6H2,1H3/b4-3+. The molecule has 1 aliphatic heterocycles. The highest BCUT2D eigenvalue weighted by Crippen LogP contribution is 2.03. The molecule has 0 aromatic rings. The summed E-state index contributed by atoms with van der Waals surface area (Å²) in [6, 6.07) is 0. The van der Waals surface area contributed by atoms with Gasteiger partial charge in [0.25, 0.3) is 0 Å². The van der Waals surface area contributed by atoms with Crippen molar-refractivity contribution in [3.63, 3.8) is 0 Å². The zero-order valence-electron chi connectivity index (χ0n) is 6.67. The van der Waals surface area contributed by atoms with Crippen LogP contribution in [0, 0.1) is 5.92 Å². The average molecular weight is 155 g/mol. The molecule has 0 aliphatic carbocycles. The van der Waals surface area contributed by atoms with Crippen molar-refractivity contribution >= 4 is 5.97 Å². The molecular formula is C8H13NO2. The summed E-state index contributed by atoms with van der Waals surface area (Å²) in [6.45, 7) is 4.22. The fraction of sp³-hybridized carbons (Fsp3) is 0.625. The Labute approximate surface area is 66.4 Å². The second-order valence-corrected chi connectivity index (χ2v) is 2.53. The summed E-state index contributed by atoms with van der Waals surface area (Å²) in [6.07, 6.45) is 3.41. The van der Waals surface area contributed by atoms with Crippen LogP contribution < -0.4 is 5.32 Å². The monoisotopic (exact) mass is 155 g/mol. The largest absolute Gasteiger partial charge is 0.463 e. The summed E-state index contributed by atoms with van der Waals surface area (Å²) in [7, 11) is 0. The number of ether oxygens (including phenoxy) is 1. The quantitative estimate of drug-likeness (QED) is 0.471. The summed E-state index contributed by atoms with van der Waals surface area (Å²) < 4.78 is 4.71. The first-order valence-corrected chi connectivity index (χ1v) is 3.88. The van der Waals surface area contributed by atoms with E-state index in [1.165, 1.54) is 6.08 Å². The van der Waals surface area contributed by atoms with Gasteiger partial charge in [0.05, 0.1) is 6.61 Å². The SMILES string of the molecule is CCOC(=O)/C=C/C1CNC1. The molecule has 0 unspecified atom stereocenters. The first kappa shape index (κ1) is 8.27. The molecule has 0 aromatic carbocycles. The molecule has 0 spiro atoms. The van der Waals surface area contributed by atoms with Crippen molar-refractivity contribution in [3.05, 3.63) is 12.2 Å². The van der Waals surface area contributed by atoms with Crippen LogP contribution in [0.25, 0.3) is 0 Å². The van der Waals surface area contributed by atoms with Gasteiger partial charge in [0.2, 0.25) is 0 Å². The van der Waals surface area contributed by atoms with Gasteiger partial charge in [0.15, 0.2) is 0 Å². The number of rotatable bonds is 3. The van der Waals surface area contributed by atoms with Crippen LogP contribution in [0.15, 0.2) is 12.2 Å². The first-order chi connectivity index (χ1) is 5.33. The summed E-state index contributed by atoms with van der Waals surface area (Å²) in [5.74, 6) is 0.291. The average Bonchev–Trinajstić information content (AvgIpc) is 1.85. The Kier molecular flexibility index (Phi) is 3.11. The molecular weight excluding hydrogens is 142 g/mol. The van der Waals surface area contributed by atoms with Crippen molar-refractivity contribution in [1.82, 2.24) is 5.32 Å². The van der Waals surface area contributed by atoms with Crippen molar-refractivity contribution in [2.75, 3.05) is 19.7 Å². The predicted molar refractivity (Wildman–Crippen MR) is 42.1 cm³/mol. The van der Waals surface area contributed by atoms with Crippen LogP contribution in [0.5, 0.6) is 0 Å². The fourth-order valence-corrected chi connectivity index (χ4v) is 0.852. The molecule has 3 nitrogen and oxygen atoms in total. The van der Waals surface area contributed by atoms with Crippen molar-refractivity contribution in [2.24, 2.45) is 5.92 Å². The van der Waals surface area contributed by atoms with Gasteiger partial charge < -0.3 is 10.1 Å². The molecule has 1 rings (SSSR count). The van der Waals surface area contributed by atoms with E-state index in [0.29, 0.717) is 12.5 Å². The van der Waals surface area contributed by atoms with Crippen LogP contribution >= 0.6 is 0 Å². The van der Waals surface area contributed by atoms with Crippen LogP contribution in [-0.2, 0) is 9.53 Å². The molecule has 1 fully saturated rings. The van der Waals surface area contributed by atoms with Crippen molar-refractivity contribution in [3.8, 4) is 0 Å². The lowest BCUT2D eigenvalue weighted by atomic mass is 10.0. The van der Waals surface area contributed by atoms with E-state index in [-0.39, 0.29) is 5.97 Å². The Morgan fingerprint density at radius 2 is 2.45 bits per heavy atom. The topological polar surface area (TPSA) is 38.3 Å². The molecule has 0 atom stereocenters. The summed E-state index contributed by atoms with van der Waals surface area (Å²) in [4.78, 5) is 10.8. The Morgan fingerprint density at radius 3 is 2.91 bits per heavy atom. The highest BCUT2D eigenvalue weighted by molar-refractivity contribution is 5.81. The number of esters is 1. The molecule has 1 saturated heterocycles. The van der Waals surface area contributed by atoms with Gasteiger partial charge in [0.1, 0.15) is 0 Å². The maximum atomic E-state index is 10.8. The highest BCUT2D eigenvalue weighted by Gasteiger charge is 2.12. The molecule has 0 aromatic heterocycles. The molecule has 1 N–H and O–H groups in total. The van der Waals surface area contributed by atoms with Gasteiger partial charge in [-0.3, -0.25) is 0 Å². The van der Waals surface area contributed by atoms with Gasteiger partial charge >= 0.3 is 5.97 Å². The van der Waals surface area contributed by atoms with Gasteiger partial charge in [0, 0.05) is 25.1 Å². The molecule has 0 amide bonds. The number of nitrogens with one attached hydrogen (secondary N) is 1. The van der Waals surface area contributed by atoms with Gasteiger partial charge in [-0.05, 0) is 6.92 Å².